The van der Waals surface area contributed by atoms with Crippen molar-refractivity contribution in [2.24, 2.45) is 5.92 Å². The lowest BCUT2D eigenvalue weighted by Gasteiger charge is -2.36. The highest BCUT2D eigenvalue weighted by atomic mass is 19.4. The first kappa shape index (κ1) is 16.0. The number of nitrogens with zero attached hydrogens (tertiary/aromatic N) is 3. The molecule has 3 heterocycles. The molecule has 0 spiro atoms. The number of rotatable bonds is 1. The number of alkyl halides is 3. The fourth-order valence-corrected chi connectivity index (χ4v) is 3.14. The molecule has 1 aliphatic heterocycles. The highest BCUT2D eigenvalue weighted by Gasteiger charge is 2.44. The van der Waals surface area contributed by atoms with Gasteiger partial charge in [-0.3, -0.25) is 9.69 Å². The molecular weight excluding hydrogens is 309 g/mol. The largest absolute Gasteiger partial charge is 0.391 e. The molecule has 0 radical (unpaired) electrons. The van der Waals surface area contributed by atoms with Gasteiger partial charge in [-0.05, 0) is 40.3 Å². The van der Waals surface area contributed by atoms with E-state index >= 15 is 0 Å². The number of fused-ring (bicyclic) bond motifs is 1. The van der Waals surface area contributed by atoms with Gasteiger partial charge < -0.3 is 4.98 Å². The molecule has 0 bridgehead atoms. The molecule has 1 saturated heterocycles. The van der Waals surface area contributed by atoms with E-state index in [0.717, 1.165) is 5.69 Å². The molecule has 2 atom stereocenters. The maximum absolute atomic E-state index is 13.0. The number of halogens is 3. The maximum Gasteiger partial charge on any atom is 0.391 e. The Kier molecular flexibility index (Phi) is 3.74. The van der Waals surface area contributed by atoms with Crippen LogP contribution < -0.4 is 5.56 Å². The second-order valence-electron chi connectivity index (χ2n) is 6.31. The third-order valence-corrected chi connectivity index (χ3v) is 4.79. The van der Waals surface area contributed by atoms with Gasteiger partial charge >= 0.3 is 6.18 Å². The zero-order chi connectivity index (χ0) is 16.9. The zero-order valence-corrected chi connectivity index (χ0v) is 13.2. The molecule has 2 unspecified atom stereocenters. The lowest BCUT2D eigenvalue weighted by Crippen LogP contribution is -2.39. The first-order valence-corrected chi connectivity index (χ1v) is 7.54. The van der Waals surface area contributed by atoms with Crippen LogP contribution in [0.4, 0.5) is 13.2 Å². The van der Waals surface area contributed by atoms with Crippen molar-refractivity contribution < 1.29 is 13.2 Å². The van der Waals surface area contributed by atoms with Gasteiger partial charge in [0.2, 0.25) is 0 Å². The smallest absolute Gasteiger partial charge is 0.343 e. The molecule has 126 valence electrons. The highest BCUT2D eigenvalue weighted by molar-refractivity contribution is 5.42. The van der Waals surface area contributed by atoms with Crippen LogP contribution in [0.3, 0.4) is 0 Å². The van der Waals surface area contributed by atoms with Gasteiger partial charge in [-0.2, -0.15) is 22.8 Å². The lowest BCUT2D eigenvalue weighted by atomic mass is 9.89. The van der Waals surface area contributed by atoms with Crippen molar-refractivity contribution in [3.8, 4) is 0 Å². The Labute approximate surface area is 131 Å². The van der Waals surface area contributed by atoms with Gasteiger partial charge in [-0.25, -0.2) is 0 Å². The monoisotopic (exact) mass is 328 g/mol. The molecule has 0 saturated carbocycles. The Bertz CT molecular complexity index is 792. The van der Waals surface area contributed by atoms with E-state index in [0.29, 0.717) is 23.4 Å². The van der Waals surface area contributed by atoms with E-state index < -0.39 is 18.1 Å². The zero-order valence-electron chi connectivity index (χ0n) is 13.2. The van der Waals surface area contributed by atoms with Gasteiger partial charge in [-0.1, -0.05) is 0 Å². The molecule has 2 aromatic heterocycles. The molecule has 1 aliphatic rings. The molecule has 3 rings (SSSR count). The second kappa shape index (κ2) is 5.36. The topological polar surface area (TPSA) is 53.4 Å². The van der Waals surface area contributed by atoms with Crippen LogP contribution in [0.2, 0.25) is 0 Å². The van der Waals surface area contributed by atoms with E-state index in [1.165, 1.54) is 4.52 Å². The summed E-state index contributed by atoms with van der Waals surface area (Å²) in [5, 5.41) is 4.27. The molecule has 23 heavy (non-hydrogen) atoms. The Morgan fingerprint density at radius 1 is 1.35 bits per heavy atom. The molecule has 5 nitrogen and oxygen atoms in total. The molecule has 8 heteroatoms. The molecule has 1 fully saturated rings. The lowest BCUT2D eigenvalue weighted by molar-refractivity contribution is -0.189. The molecule has 0 aliphatic carbocycles. The van der Waals surface area contributed by atoms with E-state index in [9.17, 15) is 18.0 Å². The maximum atomic E-state index is 13.0. The quantitative estimate of drug-likeness (QED) is 0.875. The van der Waals surface area contributed by atoms with Crippen molar-refractivity contribution in [1.82, 2.24) is 19.5 Å². The molecular formula is C15H19F3N4O. The predicted molar refractivity (Wildman–Crippen MR) is 79.4 cm³/mol. The minimum absolute atomic E-state index is 0.0317. The fourth-order valence-electron chi connectivity index (χ4n) is 3.14. The van der Waals surface area contributed by atoms with E-state index in [-0.39, 0.29) is 18.4 Å². The number of aromatic amines is 1. The van der Waals surface area contributed by atoms with Crippen LogP contribution in [-0.2, 0) is 0 Å². The summed E-state index contributed by atoms with van der Waals surface area (Å²) in [6.07, 6.45) is -4.13. The summed E-state index contributed by atoms with van der Waals surface area (Å²) in [5.74, 6) is -1.33. The summed E-state index contributed by atoms with van der Waals surface area (Å²) in [4.78, 5) is 17.2. The summed E-state index contributed by atoms with van der Waals surface area (Å²) >= 11 is 0. The minimum Gasteiger partial charge on any atom is -0.343 e. The van der Waals surface area contributed by atoms with Crippen LogP contribution in [0.15, 0.2) is 10.9 Å². The Balaban J connectivity index is 2.02. The Morgan fingerprint density at radius 2 is 2.04 bits per heavy atom. The average molecular weight is 328 g/mol. The van der Waals surface area contributed by atoms with Gasteiger partial charge in [0.05, 0.1) is 17.7 Å². The standard InChI is InChI=1S/C15H19F3N4O/c1-8-9(2)19-13-7-11(20-22(13)14(8)23)12-6-10(15(16,17)18)4-5-21(12)3/h7,10,12,19H,4-6H2,1-3H3. The molecule has 0 amide bonds. The van der Waals surface area contributed by atoms with Crippen molar-refractivity contribution in [2.75, 3.05) is 13.6 Å². The van der Waals surface area contributed by atoms with Gasteiger partial charge in [0, 0.05) is 17.3 Å². The van der Waals surface area contributed by atoms with Gasteiger partial charge in [-0.15, -0.1) is 0 Å². The number of aromatic nitrogens is 3. The van der Waals surface area contributed by atoms with Crippen molar-refractivity contribution in [2.45, 2.75) is 38.9 Å². The number of hydrogen-bond acceptors (Lipinski definition) is 3. The van der Waals surface area contributed by atoms with E-state index in [2.05, 4.69) is 10.1 Å². The fraction of sp³-hybridized carbons (Fsp3) is 0.600. The summed E-state index contributed by atoms with van der Waals surface area (Å²) in [7, 11) is 1.79. The van der Waals surface area contributed by atoms with Gasteiger partial charge in [0.15, 0.2) is 0 Å². The number of aryl methyl sites for hydroxylation is 1. The third-order valence-electron chi connectivity index (χ3n) is 4.79. The number of piperidine rings is 1. The summed E-state index contributed by atoms with van der Waals surface area (Å²) in [5.41, 5.74) is 2.06. The van der Waals surface area contributed by atoms with E-state index in [1.54, 1.807) is 27.0 Å². The minimum atomic E-state index is -4.19. The SMILES string of the molecule is Cc1[nH]c2cc(C3CC(C(F)(F)F)CCN3C)nn2c(=O)c1C. The van der Waals surface area contributed by atoms with Crippen molar-refractivity contribution in [3.05, 3.63) is 33.4 Å². The number of nitrogens with one attached hydrogen (secondary N) is 1. The van der Waals surface area contributed by atoms with Crippen LogP contribution in [0, 0.1) is 19.8 Å². The summed E-state index contributed by atoms with van der Waals surface area (Å²) < 4.78 is 40.3. The van der Waals surface area contributed by atoms with E-state index in [4.69, 9.17) is 0 Å². The first-order valence-electron chi connectivity index (χ1n) is 7.54. The Hall–Kier alpha value is -1.83. The van der Waals surface area contributed by atoms with Gasteiger partial charge in [0.1, 0.15) is 5.65 Å². The third kappa shape index (κ3) is 2.75. The van der Waals surface area contributed by atoms with Crippen LogP contribution >= 0.6 is 0 Å². The second-order valence-corrected chi connectivity index (χ2v) is 6.31. The average Bonchev–Trinajstić information content (AvgIpc) is 2.88. The highest BCUT2D eigenvalue weighted by Crippen LogP contribution is 2.41. The number of hydrogen-bond donors (Lipinski definition) is 1. The summed E-state index contributed by atoms with van der Waals surface area (Å²) in [6.45, 7) is 3.84. The number of likely N-dealkylation sites (tertiary alicyclic amines) is 1. The normalized spacial score (nSPS) is 23.6. The van der Waals surface area contributed by atoms with Crippen molar-refractivity contribution in [1.29, 1.82) is 0 Å². The Morgan fingerprint density at radius 3 is 2.70 bits per heavy atom. The van der Waals surface area contributed by atoms with Crippen molar-refractivity contribution in [3.63, 3.8) is 0 Å². The summed E-state index contributed by atoms with van der Waals surface area (Å²) in [6, 6.07) is 1.23. The molecule has 0 aromatic carbocycles. The van der Waals surface area contributed by atoms with Crippen LogP contribution in [0.1, 0.15) is 35.8 Å². The number of H-pyrrole nitrogens is 1. The predicted octanol–water partition coefficient (Wildman–Crippen LogP) is 2.58. The molecule has 2 aromatic rings. The first-order chi connectivity index (χ1) is 10.7. The van der Waals surface area contributed by atoms with Gasteiger partial charge in [0.25, 0.3) is 5.56 Å². The van der Waals surface area contributed by atoms with Crippen LogP contribution in [0.25, 0.3) is 5.65 Å². The molecule has 1 N–H and O–H groups in total. The van der Waals surface area contributed by atoms with Crippen LogP contribution in [-0.4, -0.2) is 39.3 Å². The van der Waals surface area contributed by atoms with E-state index in [1.807, 2.05) is 4.90 Å². The van der Waals surface area contributed by atoms with Crippen LogP contribution in [0.5, 0.6) is 0 Å². The van der Waals surface area contributed by atoms with Crippen molar-refractivity contribution >= 4 is 5.65 Å².